The van der Waals surface area contributed by atoms with Gasteiger partial charge in [-0.3, -0.25) is 9.78 Å². The van der Waals surface area contributed by atoms with Crippen molar-refractivity contribution >= 4 is 5.91 Å². The van der Waals surface area contributed by atoms with Crippen molar-refractivity contribution in [3.05, 3.63) is 29.6 Å². The van der Waals surface area contributed by atoms with E-state index in [1.165, 1.54) is 6.42 Å². The van der Waals surface area contributed by atoms with E-state index in [9.17, 15) is 4.79 Å². The molecule has 1 aromatic heterocycles. The van der Waals surface area contributed by atoms with Crippen molar-refractivity contribution in [1.29, 1.82) is 0 Å². The van der Waals surface area contributed by atoms with Gasteiger partial charge in [0.25, 0.3) is 5.91 Å². The number of pyridine rings is 1. The predicted molar refractivity (Wildman–Crippen MR) is 69.9 cm³/mol. The number of carbonyl (C=O) groups excluding carboxylic acids is 1. The van der Waals surface area contributed by atoms with Crippen molar-refractivity contribution in [3.8, 4) is 11.8 Å². The second kappa shape index (κ2) is 5.65. The lowest BCUT2D eigenvalue weighted by Gasteiger charge is -2.34. The maximum atomic E-state index is 12.4. The first-order valence-electron chi connectivity index (χ1n) is 6.14. The van der Waals surface area contributed by atoms with Crippen LogP contribution in [0.15, 0.2) is 18.5 Å². The van der Waals surface area contributed by atoms with Crippen LogP contribution in [-0.4, -0.2) is 35.4 Å². The quantitative estimate of drug-likeness (QED) is 0.789. The Morgan fingerprint density at radius 1 is 1.61 bits per heavy atom. The van der Waals surface area contributed by atoms with E-state index in [-0.39, 0.29) is 12.5 Å². The summed E-state index contributed by atoms with van der Waals surface area (Å²) >= 11 is 0. The Morgan fingerprint density at radius 3 is 3.00 bits per heavy atom. The summed E-state index contributed by atoms with van der Waals surface area (Å²) in [4.78, 5) is 18.2. The monoisotopic (exact) mass is 243 g/mol. The Balaban J connectivity index is 2.23. The first-order chi connectivity index (χ1) is 8.74. The zero-order valence-electron chi connectivity index (χ0n) is 10.5. The Bertz CT molecular complexity index is 497. The van der Waals surface area contributed by atoms with Crippen molar-refractivity contribution in [2.24, 2.45) is 5.73 Å². The highest BCUT2D eigenvalue weighted by atomic mass is 16.2. The Morgan fingerprint density at radius 2 is 2.39 bits per heavy atom. The summed E-state index contributed by atoms with van der Waals surface area (Å²) in [5.41, 5.74) is 6.62. The van der Waals surface area contributed by atoms with E-state index in [0.29, 0.717) is 17.2 Å². The topological polar surface area (TPSA) is 59.2 Å². The van der Waals surface area contributed by atoms with E-state index in [2.05, 4.69) is 16.8 Å². The number of amides is 1. The molecule has 0 spiro atoms. The number of hydrogen-bond acceptors (Lipinski definition) is 3. The van der Waals surface area contributed by atoms with Gasteiger partial charge in [0.1, 0.15) is 0 Å². The average Bonchev–Trinajstić information content (AvgIpc) is 2.33. The van der Waals surface area contributed by atoms with Gasteiger partial charge < -0.3 is 10.6 Å². The second-order valence-electron chi connectivity index (χ2n) is 4.43. The molecule has 1 aliphatic rings. The Kier molecular flexibility index (Phi) is 3.96. The van der Waals surface area contributed by atoms with Gasteiger partial charge in [0, 0.05) is 25.5 Å². The van der Waals surface area contributed by atoms with Crippen LogP contribution in [0.4, 0.5) is 0 Å². The summed E-state index contributed by atoms with van der Waals surface area (Å²) in [5.74, 6) is 5.68. The maximum Gasteiger partial charge on any atom is 0.255 e. The van der Waals surface area contributed by atoms with Crippen molar-refractivity contribution in [2.75, 3.05) is 13.6 Å². The Hall–Kier alpha value is -1.86. The van der Waals surface area contributed by atoms with Gasteiger partial charge in [0.15, 0.2) is 0 Å². The fourth-order valence-electron chi connectivity index (χ4n) is 1.96. The van der Waals surface area contributed by atoms with E-state index in [0.717, 1.165) is 12.8 Å². The van der Waals surface area contributed by atoms with Crippen LogP contribution in [0, 0.1) is 11.8 Å². The molecule has 2 N–H and O–H groups in total. The van der Waals surface area contributed by atoms with Crippen LogP contribution in [0.3, 0.4) is 0 Å². The summed E-state index contributed by atoms with van der Waals surface area (Å²) in [6.07, 6.45) is 6.63. The van der Waals surface area contributed by atoms with Gasteiger partial charge in [0.2, 0.25) is 0 Å². The van der Waals surface area contributed by atoms with Crippen molar-refractivity contribution in [2.45, 2.75) is 25.3 Å². The third-order valence-corrected chi connectivity index (χ3v) is 3.32. The predicted octanol–water partition coefficient (Wildman–Crippen LogP) is 1.02. The van der Waals surface area contributed by atoms with Gasteiger partial charge in [-0.25, -0.2) is 0 Å². The van der Waals surface area contributed by atoms with Crippen LogP contribution in [0.5, 0.6) is 0 Å². The van der Waals surface area contributed by atoms with Gasteiger partial charge >= 0.3 is 0 Å². The first-order valence-corrected chi connectivity index (χ1v) is 6.14. The lowest BCUT2D eigenvalue weighted by Crippen LogP contribution is -2.41. The molecule has 0 unspecified atom stereocenters. The highest BCUT2D eigenvalue weighted by molar-refractivity contribution is 5.96. The summed E-state index contributed by atoms with van der Waals surface area (Å²) in [6.45, 7) is 0.279. The zero-order valence-corrected chi connectivity index (χ0v) is 10.5. The van der Waals surface area contributed by atoms with Crippen LogP contribution < -0.4 is 5.73 Å². The summed E-state index contributed by atoms with van der Waals surface area (Å²) in [6, 6.07) is 2.10. The third-order valence-electron chi connectivity index (χ3n) is 3.32. The van der Waals surface area contributed by atoms with Crippen LogP contribution >= 0.6 is 0 Å². The van der Waals surface area contributed by atoms with Gasteiger partial charge in [-0.05, 0) is 25.3 Å². The fourth-order valence-corrected chi connectivity index (χ4v) is 1.96. The zero-order chi connectivity index (χ0) is 13.0. The molecule has 1 amide bonds. The van der Waals surface area contributed by atoms with Crippen LogP contribution in [0.1, 0.15) is 35.2 Å². The number of nitrogens with two attached hydrogens (primary N) is 1. The molecule has 1 heterocycles. The molecular weight excluding hydrogens is 226 g/mol. The minimum absolute atomic E-state index is 0.0171. The standard InChI is InChI=1S/C14H17N3O/c1-17(12-5-2-6-12)14(18)13-7-9-16-10-11(13)4-3-8-15/h7,9-10,12H,2,5-6,8,15H2,1H3. The third kappa shape index (κ3) is 2.52. The molecule has 94 valence electrons. The molecule has 0 radical (unpaired) electrons. The number of carbonyl (C=O) groups is 1. The largest absolute Gasteiger partial charge is 0.339 e. The second-order valence-corrected chi connectivity index (χ2v) is 4.43. The van der Waals surface area contributed by atoms with E-state index < -0.39 is 0 Å². The highest BCUT2D eigenvalue weighted by Gasteiger charge is 2.27. The molecule has 0 atom stereocenters. The molecule has 0 aromatic carbocycles. The van der Waals surface area contributed by atoms with Crippen LogP contribution in [-0.2, 0) is 0 Å². The lowest BCUT2D eigenvalue weighted by molar-refractivity contribution is 0.0651. The van der Waals surface area contributed by atoms with E-state index in [4.69, 9.17) is 5.73 Å². The molecule has 18 heavy (non-hydrogen) atoms. The molecule has 1 aliphatic carbocycles. The van der Waals surface area contributed by atoms with Gasteiger partial charge in [-0.1, -0.05) is 11.8 Å². The van der Waals surface area contributed by atoms with Gasteiger partial charge in [0.05, 0.1) is 17.7 Å². The molecule has 1 saturated carbocycles. The molecule has 0 bridgehead atoms. The summed E-state index contributed by atoms with van der Waals surface area (Å²) < 4.78 is 0. The highest BCUT2D eigenvalue weighted by Crippen LogP contribution is 2.25. The molecule has 0 aliphatic heterocycles. The van der Waals surface area contributed by atoms with E-state index in [1.807, 2.05) is 11.9 Å². The summed E-state index contributed by atoms with van der Waals surface area (Å²) in [5, 5.41) is 0. The minimum atomic E-state index is 0.0171. The number of aromatic nitrogens is 1. The maximum absolute atomic E-state index is 12.4. The number of hydrogen-bond donors (Lipinski definition) is 1. The normalized spacial score (nSPS) is 14.3. The first kappa shape index (κ1) is 12.6. The van der Waals surface area contributed by atoms with Crippen LogP contribution in [0.25, 0.3) is 0 Å². The molecule has 4 nitrogen and oxygen atoms in total. The number of nitrogens with zero attached hydrogens (tertiary/aromatic N) is 2. The molecule has 1 fully saturated rings. The lowest BCUT2D eigenvalue weighted by atomic mass is 9.91. The molecule has 0 saturated heterocycles. The average molecular weight is 243 g/mol. The van der Waals surface area contributed by atoms with Gasteiger partial charge in [-0.15, -0.1) is 0 Å². The smallest absolute Gasteiger partial charge is 0.255 e. The van der Waals surface area contributed by atoms with Crippen LogP contribution in [0.2, 0.25) is 0 Å². The van der Waals surface area contributed by atoms with Crippen molar-refractivity contribution in [3.63, 3.8) is 0 Å². The summed E-state index contributed by atoms with van der Waals surface area (Å²) in [7, 11) is 1.85. The number of rotatable bonds is 2. The van der Waals surface area contributed by atoms with E-state index in [1.54, 1.807) is 18.5 Å². The van der Waals surface area contributed by atoms with Crippen molar-refractivity contribution < 1.29 is 4.79 Å². The molecule has 1 aromatic rings. The van der Waals surface area contributed by atoms with E-state index >= 15 is 0 Å². The Labute approximate surface area is 107 Å². The molecule has 2 rings (SSSR count). The minimum Gasteiger partial charge on any atom is -0.339 e. The molecule has 4 heteroatoms. The SMILES string of the molecule is CN(C(=O)c1ccncc1C#CCN)C1CCC1. The molecular formula is C14H17N3O. The van der Waals surface area contributed by atoms with Crippen molar-refractivity contribution in [1.82, 2.24) is 9.88 Å². The fraction of sp³-hybridized carbons (Fsp3) is 0.429. The van der Waals surface area contributed by atoms with Gasteiger partial charge in [-0.2, -0.15) is 0 Å².